The van der Waals surface area contributed by atoms with Crippen molar-refractivity contribution in [1.29, 1.82) is 0 Å². The molecule has 2 N–H and O–H groups in total. The van der Waals surface area contributed by atoms with Gasteiger partial charge in [-0.15, -0.1) is 0 Å². The summed E-state index contributed by atoms with van der Waals surface area (Å²) in [5.74, 6) is -1.06. The highest BCUT2D eigenvalue weighted by molar-refractivity contribution is 5.96. The summed E-state index contributed by atoms with van der Waals surface area (Å²) in [4.78, 5) is 19.4. The Morgan fingerprint density at radius 2 is 2.12 bits per heavy atom. The molecule has 2 aromatic carbocycles. The van der Waals surface area contributed by atoms with Crippen molar-refractivity contribution in [3.8, 4) is 11.4 Å². The number of H-pyrrole nitrogens is 1. The first-order valence-corrected chi connectivity index (χ1v) is 7.98. The molecule has 1 atom stereocenters. The van der Waals surface area contributed by atoms with Crippen LogP contribution in [0.15, 0.2) is 36.4 Å². The molecule has 1 aromatic heterocycles. The average molecular weight is 343 g/mol. The molecule has 1 fully saturated rings. The molecular formula is C18H15F2N3O2. The van der Waals surface area contributed by atoms with Gasteiger partial charge in [-0.25, -0.2) is 13.8 Å². The zero-order chi connectivity index (χ0) is 17.4. The van der Waals surface area contributed by atoms with E-state index in [0.717, 1.165) is 24.6 Å². The highest BCUT2D eigenvalue weighted by Crippen LogP contribution is 2.26. The van der Waals surface area contributed by atoms with Gasteiger partial charge in [-0.3, -0.25) is 4.79 Å². The fraction of sp³-hybridized carbons (Fsp3) is 0.222. The minimum atomic E-state index is -0.563. The largest absolute Gasteiger partial charge is 0.368 e. The normalized spacial score (nSPS) is 17.1. The van der Waals surface area contributed by atoms with Crippen molar-refractivity contribution in [3.05, 3.63) is 48.0 Å². The number of carbonyl (C=O) groups is 1. The Labute approximate surface area is 142 Å². The number of hydrogen-bond donors (Lipinski definition) is 2. The van der Waals surface area contributed by atoms with E-state index in [4.69, 9.17) is 4.74 Å². The summed E-state index contributed by atoms with van der Waals surface area (Å²) in [5, 5.41) is 2.80. The number of anilines is 1. The Bertz CT molecular complexity index is 949. The van der Waals surface area contributed by atoms with E-state index in [1.807, 2.05) is 0 Å². The van der Waals surface area contributed by atoms with Crippen LogP contribution in [-0.4, -0.2) is 28.6 Å². The van der Waals surface area contributed by atoms with E-state index in [2.05, 4.69) is 15.3 Å². The first-order valence-electron chi connectivity index (χ1n) is 7.98. The van der Waals surface area contributed by atoms with Crippen molar-refractivity contribution >= 4 is 22.6 Å². The van der Waals surface area contributed by atoms with Crippen LogP contribution in [0.1, 0.15) is 12.8 Å². The number of nitrogens with one attached hydrogen (secondary N) is 2. The molecule has 0 bridgehead atoms. The van der Waals surface area contributed by atoms with Crippen LogP contribution >= 0.6 is 0 Å². The number of aromatic amines is 1. The molecule has 1 unspecified atom stereocenters. The van der Waals surface area contributed by atoms with Gasteiger partial charge in [0.1, 0.15) is 23.6 Å². The molecular weight excluding hydrogens is 328 g/mol. The quantitative estimate of drug-likeness (QED) is 0.763. The second-order valence-electron chi connectivity index (χ2n) is 5.93. The van der Waals surface area contributed by atoms with Crippen LogP contribution < -0.4 is 5.32 Å². The van der Waals surface area contributed by atoms with Crippen LogP contribution in [-0.2, 0) is 9.53 Å². The van der Waals surface area contributed by atoms with Crippen molar-refractivity contribution in [1.82, 2.24) is 9.97 Å². The second-order valence-corrected chi connectivity index (χ2v) is 5.93. The smallest absolute Gasteiger partial charge is 0.253 e. The Morgan fingerprint density at radius 3 is 2.92 bits per heavy atom. The number of fused-ring (bicyclic) bond motifs is 1. The van der Waals surface area contributed by atoms with E-state index in [1.165, 1.54) is 0 Å². The summed E-state index contributed by atoms with van der Waals surface area (Å²) < 4.78 is 32.6. The number of benzene rings is 2. The van der Waals surface area contributed by atoms with Gasteiger partial charge < -0.3 is 15.0 Å². The van der Waals surface area contributed by atoms with Gasteiger partial charge in [-0.2, -0.15) is 0 Å². The predicted octanol–water partition coefficient (Wildman–Crippen LogP) is 3.63. The monoisotopic (exact) mass is 343 g/mol. The van der Waals surface area contributed by atoms with Crippen molar-refractivity contribution in [3.63, 3.8) is 0 Å². The SMILES string of the molecule is O=C(Nc1ccc2nc(-c3cc(F)ccc3F)[nH]c2c1)C1CCCO1. The molecule has 0 saturated carbocycles. The fourth-order valence-corrected chi connectivity index (χ4v) is 2.90. The molecule has 0 radical (unpaired) electrons. The van der Waals surface area contributed by atoms with Crippen LogP contribution in [0.3, 0.4) is 0 Å². The number of imidazole rings is 1. The number of aromatic nitrogens is 2. The lowest BCUT2D eigenvalue weighted by Crippen LogP contribution is -2.26. The van der Waals surface area contributed by atoms with Gasteiger partial charge in [0.15, 0.2) is 0 Å². The molecule has 7 heteroatoms. The van der Waals surface area contributed by atoms with E-state index in [9.17, 15) is 13.6 Å². The lowest BCUT2D eigenvalue weighted by atomic mass is 10.2. The van der Waals surface area contributed by atoms with Crippen LogP contribution in [0.4, 0.5) is 14.5 Å². The Balaban J connectivity index is 1.63. The third-order valence-electron chi connectivity index (χ3n) is 4.16. The number of nitrogens with zero attached hydrogens (tertiary/aromatic N) is 1. The van der Waals surface area contributed by atoms with E-state index in [-0.39, 0.29) is 17.3 Å². The average Bonchev–Trinajstić information content (AvgIpc) is 3.26. The standard InChI is InChI=1S/C18H15F2N3O2/c19-10-3-5-13(20)12(8-10)17-22-14-6-4-11(9-15(14)23-17)21-18(24)16-2-1-7-25-16/h3-6,8-9,16H,1-2,7H2,(H,21,24)(H,22,23). The zero-order valence-corrected chi connectivity index (χ0v) is 13.2. The number of hydrogen-bond acceptors (Lipinski definition) is 3. The molecule has 5 nitrogen and oxygen atoms in total. The number of carbonyl (C=O) groups excluding carboxylic acids is 1. The lowest BCUT2D eigenvalue weighted by molar-refractivity contribution is -0.124. The summed E-state index contributed by atoms with van der Waals surface area (Å²) >= 11 is 0. The maximum Gasteiger partial charge on any atom is 0.253 e. The van der Waals surface area contributed by atoms with Crippen LogP contribution in [0.25, 0.3) is 22.4 Å². The van der Waals surface area contributed by atoms with E-state index >= 15 is 0 Å². The first kappa shape index (κ1) is 15.7. The van der Waals surface area contributed by atoms with Gasteiger partial charge in [-0.05, 0) is 49.2 Å². The maximum absolute atomic E-state index is 13.9. The molecule has 1 saturated heterocycles. The minimum Gasteiger partial charge on any atom is -0.368 e. The van der Waals surface area contributed by atoms with E-state index in [0.29, 0.717) is 29.7 Å². The summed E-state index contributed by atoms with van der Waals surface area (Å²) in [6.07, 6.45) is 1.16. The summed E-state index contributed by atoms with van der Waals surface area (Å²) in [6.45, 7) is 0.597. The molecule has 0 aliphatic carbocycles. The maximum atomic E-state index is 13.9. The predicted molar refractivity (Wildman–Crippen MR) is 89.0 cm³/mol. The summed E-state index contributed by atoms with van der Waals surface area (Å²) in [5.41, 5.74) is 1.85. The number of ether oxygens (including phenoxy) is 1. The second kappa shape index (κ2) is 6.25. The Morgan fingerprint density at radius 1 is 1.24 bits per heavy atom. The number of amides is 1. The molecule has 0 spiro atoms. The van der Waals surface area contributed by atoms with Crippen LogP contribution in [0.2, 0.25) is 0 Å². The van der Waals surface area contributed by atoms with Crippen LogP contribution in [0, 0.1) is 11.6 Å². The van der Waals surface area contributed by atoms with Crippen molar-refractivity contribution in [2.75, 3.05) is 11.9 Å². The molecule has 25 heavy (non-hydrogen) atoms. The lowest BCUT2D eigenvalue weighted by Gasteiger charge is -2.10. The molecule has 4 rings (SSSR count). The highest BCUT2D eigenvalue weighted by Gasteiger charge is 2.23. The van der Waals surface area contributed by atoms with Gasteiger partial charge in [0.25, 0.3) is 5.91 Å². The topological polar surface area (TPSA) is 67.0 Å². The van der Waals surface area contributed by atoms with Gasteiger partial charge in [0.2, 0.25) is 0 Å². The highest BCUT2D eigenvalue weighted by atomic mass is 19.1. The third kappa shape index (κ3) is 3.10. The third-order valence-corrected chi connectivity index (χ3v) is 4.16. The Kier molecular flexibility index (Phi) is 3.93. The summed E-state index contributed by atoms with van der Waals surface area (Å²) in [6, 6.07) is 8.33. The van der Waals surface area contributed by atoms with Gasteiger partial charge >= 0.3 is 0 Å². The Hall–Kier alpha value is -2.80. The summed E-state index contributed by atoms with van der Waals surface area (Å²) in [7, 11) is 0. The van der Waals surface area contributed by atoms with E-state index in [1.54, 1.807) is 18.2 Å². The number of rotatable bonds is 3. The van der Waals surface area contributed by atoms with Crippen molar-refractivity contribution < 1.29 is 18.3 Å². The molecule has 1 aliphatic heterocycles. The van der Waals surface area contributed by atoms with Crippen molar-refractivity contribution in [2.24, 2.45) is 0 Å². The molecule has 1 amide bonds. The minimum absolute atomic E-state index is 0.0566. The van der Waals surface area contributed by atoms with Gasteiger partial charge in [0, 0.05) is 12.3 Å². The number of halogens is 2. The zero-order valence-electron chi connectivity index (χ0n) is 13.2. The van der Waals surface area contributed by atoms with E-state index < -0.39 is 17.7 Å². The van der Waals surface area contributed by atoms with Crippen molar-refractivity contribution in [2.45, 2.75) is 18.9 Å². The molecule has 3 aromatic rings. The molecule has 2 heterocycles. The van der Waals surface area contributed by atoms with Gasteiger partial charge in [0.05, 0.1) is 16.6 Å². The fourth-order valence-electron chi connectivity index (χ4n) is 2.90. The first-order chi connectivity index (χ1) is 12.1. The molecule has 128 valence electrons. The van der Waals surface area contributed by atoms with Crippen LogP contribution in [0.5, 0.6) is 0 Å². The molecule has 1 aliphatic rings. The van der Waals surface area contributed by atoms with Gasteiger partial charge in [-0.1, -0.05) is 0 Å².